The maximum absolute atomic E-state index is 9.22. The number of nitrogen functional groups attached to an aromatic ring is 1. The SMILES string of the molecule is C=C(O)c1cccc(N)c1O.CC.CCC.CCC. The lowest BCUT2D eigenvalue weighted by Crippen LogP contribution is -1.89. The Labute approximate surface area is 118 Å². The van der Waals surface area contributed by atoms with Crippen LogP contribution in [0.4, 0.5) is 5.69 Å². The third-order valence-electron chi connectivity index (χ3n) is 1.38. The van der Waals surface area contributed by atoms with Gasteiger partial charge in [-0.2, -0.15) is 0 Å². The van der Waals surface area contributed by atoms with E-state index in [1.807, 2.05) is 13.8 Å². The summed E-state index contributed by atoms with van der Waals surface area (Å²) in [5.41, 5.74) is 5.86. The molecular weight excluding hydrogens is 238 g/mol. The van der Waals surface area contributed by atoms with Crippen LogP contribution in [-0.4, -0.2) is 10.2 Å². The Morgan fingerprint density at radius 3 is 1.74 bits per heavy atom. The summed E-state index contributed by atoms with van der Waals surface area (Å²) in [5.74, 6) is -0.310. The molecule has 19 heavy (non-hydrogen) atoms. The molecule has 0 aromatic heterocycles. The molecule has 0 saturated carbocycles. The van der Waals surface area contributed by atoms with Crippen molar-refractivity contribution in [1.29, 1.82) is 0 Å². The summed E-state index contributed by atoms with van der Waals surface area (Å²) in [5, 5.41) is 18.1. The molecule has 0 aliphatic carbocycles. The van der Waals surface area contributed by atoms with Crippen molar-refractivity contribution in [1.82, 2.24) is 0 Å². The van der Waals surface area contributed by atoms with E-state index >= 15 is 0 Å². The third-order valence-corrected chi connectivity index (χ3v) is 1.38. The highest BCUT2D eigenvalue weighted by atomic mass is 16.3. The molecule has 1 aromatic carbocycles. The fourth-order valence-electron chi connectivity index (χ4n) is 0.794. The van der Waals surface area contributed by atoms with Crippen LogP contribution in [0.25, 0.3) is 5.76 Å². The number of hydrogen-bond acceptors (Lipinski definition) is 3. The number of benzene rings is 1. The second-order valence-electron chi connectivity index (χ2n) is 3.60. The van der Waals surface area contributed by atoms with Gasteiger partial charge in [0.05, 0.1) is 11.3 Å². The van der Waals surface area contributed by atoms with Crippen molar-refractivity contribution in [3.63, 3.8) is 0 Å². The highest BCUT2D eigenvalue weighted by molar-refractivity contribution is 5.69. The molecule has 0 bridgehead atoms. The van der Waals surface area contributed by atoms with Crippen molar-refractivity contribution < 1.29 is 10.2 Å². The van der Waals surface area contributed by atoms with E-state index in [-0.39, 0.29) is 22.8 Å². The number of hydrogen-bond donors (Lipinski definition) is 3. The first-order valence-electron chi connectivity index (χ1n) is 6.91. The van der Waals surface area contributed by atoms with Crippen molar-refractivity contribution in [3.05, 3.63) is 30.3 Å². The zero-order valence-corrected chi connectivity index (χ0v) is 13.3. The molecule has 0 saturated heterocycles. The summed E-state index contributed by atoms with van der Waals surface area (Å²) in [6, 6.07) is 4.71. The van der Waals surface area contributed by atoms with Crippen LogP contribution in [0.5, 0.6) is 5.75 Å². The molecule has 0 fully saturated rings. The Hall–Kier alpha value is -1.64. The highest BCUT2D eigenvalue weighted by Crippen LogP contribution is 2.27. The molecule has 0 amide bonds. The first kappa shape index (κ1) is 22.5. The number of phenols is 1. The number of phenolic OH excluding ortho intramolecular Hbond substituents is 1. The van der Waals surface area contributed by atoms with Gasteiger partial charge in [0.1, 0.15) is 11.5 Å². The molecule has 1 rings (SSSR count). The normalized spacial score (nSPS) is 7.68. The average molecular weight is 269 g/mol. The minimum atomic E-state index is -0.185. The van der Waals surface area contributed by atoms with Gasteiger partial charge in [-0.15, -0.1) is 0 Å². The summed E-state index contributed by atoms with van der Waals surface area (Å²) in [4.78, 5) is 0. The Morgan fingerprint density at radius 2 is 1.47 bits per heavy atom. The number of nitrogens with two attached hydrogens (primary N) is 1. The number of aliphatic hydroxyl groups excluding tert-OH is 1. The van der Waals surface area contributed by atoms with Crippen molar-refractivity contribution in [2.45, 2.75) is 54.4 Å². The fourth-order valence-corrected chi connectivity index (χ4v) is 0.794. The van der Waals surface area contributed by atoms with Gasteiger partial charge in [-0.25, -0.2) is 0 Å². The second kappa shape index (κ2) is 16.4. The molecule has 0 radical (unpaired) electrons. The molecule has 0 heterocycles. The van der Waals surface area contributed by atoms with Crippen molar-refractivity contribution >= 4 is 11.4 Å². The number of para-hydroxylation sites is 1. The second-order valence-corrected chi connectivity index (χ2v) is 3.60. The first-order chi connectivity index (χ1) is 8.95. The maximum atomic E-state index is 9.22. The van der Waals surface area contributed by atoms with Gasteiger partial charge in [-0.3, -0.25) is 0 Å². The first-order valence-corrected chi connectivity index (χ1v) is 6.91. The van der Waals surface area contributed by atoms with Crippen LogP contribution in [0.15, 0.2) is 24.8 Å². The molecule has 112 valence electrons. The molecule has 0 aliphatic heterocycles. The van der Waals surface area contributed by atoms with E-state index in [2.05, 4.69) is 34.3 Å². The third kappa shape index (κ3) is 12.6. The van der Waals surface area contributed by atoms with Crippen LogP contribution in [0, 0.1) is 0 Å². The zero-order valence-electron chi connectivity index (χ0n) is 13.3. The van der Waals surface area contributed by atoms with Gasteiger partial charge in [0.15, 0.2) is 0 Å². The van der Waals surface area contributed by atoms with Crippen molar-refractivity contribution in [2.24, 2.45) is 0 Å². The predicted molar refractivity (Wildman–Crippen MR) is 87.5 cm³/mol. The van der Waals surface area contributed by atoms with E-state index in [1.165, 1.54) is 18.9 Å². The standard InChI is InChI=1S/C8H9NO2.2C3H8.C2H6/c1-5(10)6-3-2-4-7(9)8(6)11;2*1-3-2;1-2/h2-4,10-11H,1,9H2;2*3H2,1-2H3;1-2H3. The predicted octanol–water partition coefficient (Wildman–Crippen LogP) is 5.36. The topological polar surface area (TPSA) is 66.5 Å². The summed E-state index contributed by atoms with van der Waals surface area (Å²) >= 11 is 0. The van der Waals surface area contributed by atoms with Crippen molar-refractivity contribution in [2.75, 3.05) is 5.73 Å². The fraction of sp³-hybridized carbons (Fsp3) is 0.500. The van der Waals surface area contributed by atoms with Crippen LogP contribution in [0.1, 0.15) is 59.9 Å². The average Bonchev–Trinajstić information content (AvgIpc) is 2.37. The van der Waals surface area contributed by atoms with Gasteiger partial charge in [0.25, 0.3) is 0 Å². The van der Waals surface area contributed by atoms with E-state index in [0.29, 0.717) is 0 Å². The molecular formula is C16H31NO2. The Bertz CT molecular complexity index is 321. The minimum Gasteiger partial charge on any atom is -0.508 e. The van der Waals surface area contributed by atoms with Crippen molar-refractivity contribution in [3.8, 4) is 5.75 Å². The lowest BCUT2D eigenvalue weighted by atomic mass is 10.1. The molecule has 0 atom stereocenters. The van der Waals surface area contributed by atoms with Crippen LogP contribution in [-0.2, 0) is 0 Å². The van der Waals surface area contributed by atoms with E-state index in [9.17, 15) is 5.11 Å². The number of anilines is 1. The maximum Gasteiger partial charge on any atom is 0.149 e. The van der Waals surface area contributed by atoms with Crippen LogP contribution >= 0.6 is 0 Å². The molecule has 1 aromatic rings. The quantitative estimate of drug-likeness (QED) is 0.365. The lowest BCUT2D eigenvalue weighted by Gasteiger charge is -2.03. The lowest BCUT2D eigenvalue weighted by molar-refractivity contribution is 0.463. The summed E-state index contributed by atoms with van der Waals surface area (Å²) in [6.45, 7) is 15.8. The van der Waals surface area contributed by atoms with Gasteiger partial charge in [-0.1, -0.05) is 67.0 Å². The van der Waals surface area contributed by atoms with E-state index < -0.39 is 0 Å². The smallest absolute Gasteiger partial charge is 0.149 e. The zero-order chi connectivity index (χ0) is 15.8. The van der Waals surface area contributed by atoms with Crippen LogP contribution in [0.3, 0.4) is 0 Å². The number of rotatable bonds is 1. The summed E-state index contributed by atoms with van der Waals surface area (Å²) in [7, 11) is 0. The van der Waals surface area contributed by atoms with Gasteiger partial charge in [0, 0.05) is 0 Å². The van der Waals surface area contributed by atoms with Gasteiger partial charge in [0.2, 0.25) is 0 Å². The molecule has 3 heteroatoms. The Balaban J connectivity index is -0.000000269. The molecule has 3 nitrogen and oxygen atoms in total. The molecule has 0 spiro atoms. The highest BCUT2D eigenvalue weighted by Gasteiger charge is 2.05. The molecule has 4 N–H and O–H groups in total. The monoisotopic (exact) mass is 269 g/mol. The van der Waals surface area contributed by atoms with Crippen LogP contribution < -0.4 is 5.73 Å². The van der Waals surface area contributed by atoms with Gasteiger partial charge < -0.3 is 15.9 Å². The van der Waals surface area contributed by atoms with Gasteiger partial charge in [-0.05, 0) is 12.1 Å². The number of aliphatic hydroxyl groups is 1. The van der Waals surface area contributed by atoms with Crippen LogP contribution in [0.2, 0.25) is 0 Å². The Morgan fingerprint density at radius 1 is 1.11 bits per heavy atom. The largest absolute Gasteiger partial charge is 0.508 e. The number of aromatic hydroxyl groups is 1. The molecule has 0 unspecified atom stereocenters. The van der Waals surface area contributed by atoms with E-state index in [4.69, 9.17) is 10.8 Å². The Kier molecular flexibility index (Phi) is 19.4. The summed E-state index contributed by atoms with van der Waals surface area (Å²) in [6.07, 6.45) is 2.50. The van der Waals surface area contributed by atoms with Gasteiger partial charge >= 0.3 is 0 Å². The van der Waals surface area contributed by atoms with E-state index in [1.54, 1.807) is 12.1 Å². The molecule has 0 aliphatic rings. The van der Waals surface area contributed by atoms with E-state index in [0.717, 1.165) is 0 Å². The summed E-state index contributed by atoms with van der Waals surface area (Å²) < 4.78 is 0. The minimum absolute atomic E-state index is 0.125.